The summed E-state index contributed by atoms with van der Waals surface area (Å²) in [6.07, 6.45) is 4.00. The van der Waals surface area contributed by atoms with Gasteiger partial charge in [0.25, 0.3) is 5.56 Å². The number of pyridine rings is 1. The van der Waals surface area contributed by atoms with Gasteiger partial charge in [0.05, 0.1) is 12.1 Å². The molecule has 0 aliphatic rings. The van der Waals surface area contributed by atoms with Gasteiger partial charge in [-0.15, -0.1) is 11.3 Å². The van der Waals surface area contributed by atoms with Gasteiger partial charge < -0.3 is 0 Å². The van der Waals surface area contributed by atoms with E-state index in [1.165, 1.54) is 16.9 Å². The summed E-state index contributed by atoms with van der Waals surface area (Å²) in [4.78, 5) is 23.5. The second kappa shape index (κ2) is 7.82. The predicted octanol–water partition coefficient (Wildman–Crippen LogP) is 5.26. The predicted molar refractivity (Wildman–Crippen MR) is 115 cm³/mol. The van der Waals surface area contributed by atoms with Crippen molar-refractivity contribution in [1.82, 2.24) is 14.5 Å². The third kappa shape index (κ3) is 3.64. The van der Waals surface area contributed by atoms with Crippen LogP contribution < -0.4 is 5.56 Å². The summed E-state index contributed by atoms with van der Waals surface area (Å²) in [5.74, 6) is 0.961. The number of aryl methyl sites for hydroxylation is 1. The van der Waals surface area contributed by atoms with E-state index in [1.54, 1.807) is 18.0 Å². The van der Waals surface area contributed by atoms with E-state index in [9.17, 15) is 4.79 Å². The second-order valence-electron chi connectivity index (χ2n) is 6.61. The van der Waals surface area contributed by atoms with Crippen molar-refractivity contribution >= 4 is 43.5 Å². The van der Waals surface area contributed by atoms with E-state index in [0.717, 1.165) is 45.0 Å². The van der Waals surface area contributed by atoms with Crippen LogP contribution in [0, 0.1) is 6.92 Å². The smallest absolute Gasteiger partial charge is 0.272 e. The Kier molecular flexibility index (Phi) is 5.27. The van der Waals surface area contributed by atoms with Gasteiger partial charge in [0.2, 0.25) is 0 Å². The number of unbranched alkanes of at least 4 members (excludes halogenated alkanes) is 1. The first-order valence-corrected chi connectivity index (χ1v) is 10.9. The lowest BCUT2D eigenvalue weighted by Gasteiger charge is -2.12. The minimum Gasteiger partial charge on any atom is -0.282 e. The summed E-state index contributed by atoms with van der Waals surface area (Å²) < 4.78 is 2.51. The number of hydrogen-bond donors (Lipinski definition) is 0. The molecular formula is C21H21N3OS2. The first-order valence-electron chi connectivity index (χ1n) is 9.14. The molecule has 3 heterocycles. The number of nitrogens with zero attached hydrogens (tertiary/aromatic N) is 3. The molecule has 4 aromatic rings. The number of thiophene rings is 1. The Labute approximate surface area is 166 Å². The summed E-state index contributed by atoms with van der Waals surface area (Å²) in [6, 6.07) is 12.2. The average molecular weight is 396 g/mol. The first kappa shape index (κ1) is 18.2. The number of rotatable bonds is 6. The molecule has 0 saturated heterocycles. The van der Waals surface area contributed by atoms with Crippen molar-refractivity contribution in [3.05, 3.63) is 64.1 Å². The lowest BCUT2D eigenvalue weighted by molar-refractivity contribution is 0.659. The third-order valence-electron chi connectivity index (χ3n) is 4.51. The number of benzene rings is 1. The molecule has 0 amide bonds. The molecule has 1 aromatic carbocycles. The fourth-order valence-corrected chi connectivity index (χ4v) is 5.08. The highest BCUT2D eigenvalue weighted by molar-refractivity contribution is 7.99. The van der Waals surface area contributed by atoms with Gasteiger partial charge in [0.15, 0.2) is 5.16 Å². The summed E-state index contributed by atoms with van der Waals surface area (Å²) in [5, 5.41) is 1.76. The molecule has 0 aliphatic heterocycles. The van der Waals surface area contributed by atoms with Crippen LogP contribution in [0.15, 0.2) is 52.5 Å². The van der Waals surface area contributed by atoms with Crippen LogP contribution in [0.25, 0.3) is 20.4 Å². The number of aromatic nitrogens is 3. The van der Waals surface area contributed by atoms with Gasteiger partial charge in [-0.3, -0.25) is 9.36 Å². The normalized spacial score (nSPS) is 11.5. The third-order valence-corrected chi connectivity index (χ3v) is 6.66. The van der Waals surface area contributed by atoms with Crippen molar-refractivity contribution < 1.29 is 0 Å². The number of fused-ring (bicyclic) bond motifs is 3. The molecule has 0 N–H and O–H groups in total. The molecule has 6 heteroatoms. The minimum absolute atomic E-state index is 0.0302. The van der Waals surface area contributed by atoms with Gasteiger partial charge in [-0.2, -0.15) is 0 Å². The standard InChI is InChI=1S/C21H21N3OS2/c1-3-4-12-26-21-23-17-16-6-5-11-22-19(16)27-18(17)20(25)24(21)13-15-9-7-14(2)8-10-15/h5-11H,3-4,12-13H2,1-2H3. The molecule has 27 heavy (non-hydrogen) atoms. The summed E-state index contributed by atoms with van der Waals surface area (Å²) in [7, 11) is 0. The Balaban J connectivity index is 1.86. The molecule has 4 nitrogen and oxygen atoms in total. The van der Waals surface area contributed by atoms with Gasteiger partial charge in [-0.25, -0.2) is 9.97 Å². The van der Waals surface area contributed by atoms with E-state index in [2.05, 4.69) is 43.1 Å². The molecule has 0 bridgehead atoms. The summed E-state index contributed by atoms with van der Waals surface area (Å²) in [5.41, 5.74) is 3.14. The largest absolute Gasteiger partial charge is 0.282 e. The maximum Gasteiger partial charge on any atom is 0.272 e. The van der Waals surface area contributed by atoms with E-state index < -0.39 is 0 Å². The lowest BCUT2D eigenvalue weighted by atomic mass is 10.1. The Morgan fingerprint density at radius 2 is 2.00 bits per heavy atom. The van der Waals surface area contributed by atoms with Crippen molar-refractivity contribution in [3.63, 3.8) is 0 Å². The van der Waals surface area contributed by atoms with Crippen molar-refractivity contribution in [1.29, 1.82) is 0 Å². The topological polar surface area (TPSA) is 47.8 Å². The van der Waals surface area contributed by atoms with Crippen LogP contribution in [-0.4, -0.2) is 20.3 Å². The maximum absolute atomic E-state index is 13.3. The molecular weight excluding hydrogens is 374 g/mol. The van der Waals surface area contributed by atoms with Crippen LogP contribution >= 0.6 is 23.1 Å². The highest BCUT2D eigenvalue weighted by atomic mass is 32.2. The van der Waals surface area contributed by atoms with Crippen molar-refractivity contribution in [3.8, 4) is 0 Å². The van der Waals surface area contributed by atoms with Gasteiger partial charge in [-0.1, -0.05) is 54.9 Å². The Morgan fingerprint density at radius 3 is 2.78 bits per heavy atom. The average Bonchev–Trinajstić information content (AvgIpc) is 3.05. The molecule has 0 radical (unpaired) electrons. The van der Waals surface area contributed by atoms with Gasteiger partial charge >= 0.3 is 0 Å². The van der Waals surface area contributed by atoms with Crippen molar-refractivity contribution in [2.45, 2.75) is 38.4 Å². The van der Waals surface area contributed by atoms with Gasteiger partial charge in [0.1, 0.15) is 9.53 Å². The Morgan fingerprint density at radius 1 is 1.19 bits per heavy atom. The van der Waals surface area contributed by atoms with Crippen LogP contribution in [0.5, 0.6) is 0 Å². The van der Waals surface area contributed by atoms with E-state index in [1.807, 2.05) is 16.7 Å². The zero-order valence-electron chi connectivity index (χ0n) is 15.4. The highest BCUT2D eigenvalue weighted by Crippen LogP contribution is 2.30. The van der Waals surface area contributed by atoms with Crippen LogP contribution in [0.4, 0.5) is 0 Å². The van der Waals surface area contributed by atoms with Crippen molar-refractivity contribution in [2.75, 3.05) is 5.75 Å². The fourth-order valence-electron chi connectivity index (χ4n) is 2.97. The molecule has 138 valence electrons. The molecule has 0 saturated carbocycles. The second-order valence-corrected chi connectivity index (χ2v) is 8.67. The summed E-state index contributed by atoms with van der Waals surface area (Å²) in [6.45, 7) is 4.78. The molecule has 4 rings (SSSR count). The Hall–Kier alpha value is -2.18. The zero-order chi connectivity index (χ0) is 18.8. The van der Waals surface area contributed by atoms with E-state index in [4.69, 9.17) is 4.98 Å². The molecule has 0 fully saturated rings. The number of hydrogen-bond acceptors (Lipinski definition) is 5. The highest BCUT2D eigenvalue weighted by Gasteiger charge is 2.17. The molecule has 0 atom stereocenters. The maximum atomic E-state index is 13.3. The Bertz CT molecular complexity index is 1150. The van der Waals surface area contributed by atoms with E-state index >= 15 is 0 Å². The minimum atomic E-state index is 0.0302. The first-order chi connectivity index (χ1) is 13.2. The molecule has 3 aromatic heterocycles. The monoisotopic (exact) mass is 395 g/mol. The van der Waals surface area contributed by atoms with Crippen LogP contribution in [0.1, 0.15) is 30.9 Å². The van der Waals surface area contributed by atoms with Gasteiger partial charge in [0, 0.05) is 17.3 Å². The summed E-state index contributed by atoms with van der Waals surface area (Å²) >= 11 is 3.11. The van der Waals surface area contributed by atoms with Crippen LogP contribution in [0.2, 0.25) is 0 Å². The van der Waals surface area contributed by atoms with Gasteiger partial charge in [-0.05, 0) is 31.0 Å². The van der Waals surface area contributed by atoms with Crippen LogP contribution in [0.3, 0.4) is 0 Å². The number of thioether (sulfide) groups is 1. The van der Waals surface area contributed by atoms with E-state index in [-0.39, 0.29) is 5.56 Å². The van der Waals surface area contributed by atoms with Crippen molar-refractivity contribution in [2.24, 2.45) is 0 Å². The fraction of sp³-hybridized carbons (Fsp3) is 0.286. The lowest BCUT2D eigenvalue weighted by Crippen LogP contribution is -2.23. The zero-order valence-corrected chi connectivity index (χ0v) is 17.1. The molecule has 0 unspecified atom stereocenters. The SMILES string of the molecule is CCCCSc1nc2c(sc3ncccc32)c(=O)n1Cc1ccc(C)cc1. The molecule has 0 aliphatic carbocycles. The molecule has 0 spiro atoms. The quantitative estimate of drug-likeness (QED) is 0.254. The van der Waals surface area contributed by atoms with E-state index in [0.29, 0.717) is 11.2 Å². The van der Waals surface area contributed by atoms with Crippen LogP contribution in [-0.2, 0) is 6.54 Å².